The summed E-state index contributed by atoms with van der Waals surface area (Å²) in [4.78, 5) is 28.1. The Morgan fingerprint density at radius 3 is 2.42 bits per heavy atom. The molecule has 1 aliphatic heterocycles. The van der Waals surface area contributed by atoms with E-state index in [1.54, 1.807) is 24.1 Å². The highest BCUT2D eigenvalue weighted by Gasteiger charge is 2.23. The topological polar surface area (TPSA) is 71.1 Å². The Morgan fingerprint density at radius 2 is 1.81 bits per heavy atom. The normalized spacial score (nSPS) is 16.0. The Labute approximate surface area is 155 Å². The molecular weight excluding hydrogens is 334 g/mol. The predicted octanol–water partition coefficient (Wildman–Crippen LogP) is 1.13. The van der Waals surface area contributed by atoms with Crippen LogP contribution < -0.4 is 14.8 Å². The van der Waals surface area contributed by atoms with E-state index >= 15 is 0 Å². The van der Waals surface area contributed by atoms with Gasteiger partial charge in [-0.05, 0) is 25.5 Å². The highest BCUT2D eigenvalue weighted by Crippen LogP contribution is 2.25. The average molecular weight is 363 g/mol. The Balaban J connectivity index is 1.73. The van der Waals surface area contributed by atoms with Gasteiger partial charge in [0.1, 0.15) is 0 Å². The van der Waals surface area contributed by atoms with E-state index in [4.69, 9.17) is 9.47 Å². The molecule has 1 heterocycles. The third kappa shape index (κ3) is 5.91. The van der Waals surface area contributed by atoms with Crippen LogP contribution in [0, 0.1) is 0 Å². The number of carbonyl (C=O) groups is 2. The molecule has 2 amide bonds. The van der Waals surface area contributed by atoms with Crippen LogP contribution in [0.1, 0.15) is 20.3 Å². The second-order valence-electron chi connectivity index (χ2n) is 6.47. The molecule has 1 atom stereocenters. The lowest BCUT2D eigenvalue weighted by molar-refractivity contribution is -0.135. The summed E-state index contributed by atoms with van der Waals surface area (Å²) in [6, 6.07) is 7.45. The van der Waals surface area contributed by atoms with E-state index in [1.165, 1.54) is 0 Å². The molecule has 26 heavy (non-hydrogen) atoms. The van der Waals surface area contributed by atoms with Crippen LogP contribution in [0.4, 0.5) is 0 Å². The minimum absolute atomic E-state index is 0.0190. The monoisotopic (exact) mass is 363 g/mol. The number of piperazine rings is 1. The molecule has 1 unspecified atom stereocenters. The van der Waals surface area contributed by atoms with E-state index in [-0.39, 0.29) is 24.5 Å². The van der Waals surface area contributed by atoms with Crippen LogP contribution in [0.5, 0.6) is 11.5 Å². The molecule has 1 aromatic carbocycles. The summed E-state index contributed by atoms with van der Waals surface area (Å²) in [6.07, 6.45) is 0.917. The number of hydrogen-bond acceptors (Lipinski definition) is 5. The molecule has 0 saturated carbocycles. The lowest BCUT2D eigenvalue weighted by atomic mass is 10.2. The summed E-state index contributed by atoms with van der Waals surface area (Å²) in [5.74, 6) is 1.15. The Hall–Kier alpha value is -2.28. The van der Waals surface area contributed by atoms with Crippen molar-refractivity contribution in [1.29, 1.82) is 0 Å². The molecule has 1 aromatic rings. The first-order valence-electron chi connectivity index (χ1n) is 9.08. The third-order valence-electron chi connectivity index (χ3n) is 4.53. The molecular formula is C19H29N3O4. The number of ether oxygens (including phenoxy) is 2. The first kappa shape index (κ1) is 20.0. The molecule has 0 aliphatic carbocycles. The predicted molar refractivity (Wildman–Crippen MR) is 99.4 cm³/mol. The Morgan fingerprint density at radius 1 is 1.15 bits per heavy atom. The summed E-state index contributed by atoms with van der Waals surface area (Å²) in [5.41, 5.74) is 0. The van der Waals surface area contributed by atoms with Crippen LogP contribution in [0.25, 0.3) is 0 Å². The van der Waals surface area contributed by atoms with Gasteiger partial charge < -0.3 is 19.7 Å². The van der Waals surface area contributed by atoms with E-state index in [0.717, 1.165) is 6.42 Å². The second-order valence-corrected chi connectivity index (χ2v) is 6.47. The Kier molecular flexibility index (Phi) is 7.72. The molecule has 144 valence electrons. The van der Waals surface area contributed by atoms with Gasteiger partial charge in [-0.15, -0.1) is 0 Å². The lowest BCUT2D eigenvalue weighted by Gasteiger charge is -2.34. The first-order chi connectivity index (χ1) is 12.5. The van der Waals surface area contributed by atoms with E-state index in [0.29, 0.717) is 44.2 Å². The zero-order valence-electron chi connectivity index (χ0n) is 15.9. The van der Waals surface area contributed by atoms with Crippen molar-refractivity contribution < 1.29 is 19.1 Å². The van der Waals surface area contributed by atoms with Gasteiger partial charge in [-0.2, -0.15) is 0 Å². The molecule has 1 N–H and O–H groups in total. The summed E-state index contributed by atoms with van der Waals surface area (Å²) in [5, 5.41) is 2.97. The molecule has 0 bridgehead atoms. The highest BCUT2D eigenvalue weighted by molar-refractivity contribution is 5.79. The van der Waals surface area contributed by atoms with Crippen molar-refractivity contribution in [3.05, 3.63) is 24.3 Å². The maximum atomic E-state index is 12.3. The van der Waals surface area contributed by atoms with Crippen LogP contribution in [0.15, 0.2) is 24.3 Å². The molecule has 1 saturated heterocycles. The number of nitrogens with one attached hydrogen (secondary N) is 1. The van der Waals surface area contributed by atoms with Gasteiger partial charge in [0.25, 0.3) is 5.91 Å². The van der Waals surface area contributed by atoms with Gasteiger partial charge in [0.2, 0.25) is 5.91 Å². The highest BCUT2D eigenvalue weighted by atomic mass is 16.5. The minimum atomic E-state index is -0.0559. The van der Waals surface area contributed by atoms with Crippen molar-refractivity contribution in [1.82, 2.24) is 15.1 Å². The van der Waals surface area contributed by atoms with E-state index in [9.17, 15) is 9.59 Å². The SMILES string of the molecule is CCC(C)NC(=O)CN1CCN(C(=O)COc2ccccc2OC)CC1. The first-order valence-corrected chi connectivity index (χ1v) is 9.08. The molecule has 7 heteroatoms. The van der Waals surface area contributed by atoms with Gasteiger partial charge in [-0.25, -0.2) is 0 Å². The fourth-order valence-electron chi connectivity index (χ4n) is 2.75. The average Bonchev–Trinajstić information content (AvgIpc) is 2.66. The van der Waals surface area contributed by atoms with E-state index < -0.39 is 0 Å². The number of rotatable bonds is 8. The number of nitrogens with zero attached hydrogens (tertiary/aromatic N) is 2. The number of methoxy groups -OCH3 is 1. The number of hydrogen-bond donors (Lipinski definition) is 1. The van der Waals surface area contributed by atoms with Crippen LogP contribution in [-0.4, -0.2) is 74.1 Å². The summed E-state index contributed by atoms with van der Waals surface area (Å²) >= 11 is 0. The number of carbonyl (C=O) groups excluding carboxylic acids is 2. The van der Waals surface area contributed by atoms with Crippen LogP contribution >= 0.6 is 0 Å². The van der Waals surface area contributed by atoms with E-state index in [1.807, 2.05) is 26.0 Å². The molecule has 0 spiro atoms. The van der Waals surface area contributed by atoms with Gasteiger partial charge in [-0.1, -0.05) is 19.1 Å². The molecule has 7 nitrogen and oxygen atoms in total. The van der Waals surface area contributed by atoms with Gasteiger partial charge in [0.05, 0.1) is 13.7 Å². The smallest absolute Gasteiger partial charge is 0.260 e. The third-order valence-corrected chi connectivity index (χ3v) is 4.53. The minimum Gasteiger partial charge on any atom is -0.493 e. The van der Waals surface area contributed by atoms with Gasteiger partial charge in [0.15, 0.2) is 18.1 Å². The van der Waals surface area contributed by atoms with E-state index in [2.05, 4.69) is 10.2 Å². The largest absolute Gasteiger partial charge is 0.493 e. The van der Waals surface area contributed by atoms with Crippen molar-refractivity contribution >= 4 is 11.8 Å². The van der Waals surface area contributed by atoms with Crippen LogP contribution in [-0.2, 0) is 9.59 Å². The van der Waals surface area contributed by atoms with Crippen molar-refractivity contribution in [2.24, 2.45) is 0 Å². The maximum Gasteiger partial charge on any atom is 0.260 e. The number of para-hydroxylation sites is 2. The second kappa shape index (κ2) is 10.0. The zero-order valence-corrected chi connectivity index (χ0v) is 15.9. The lowest BCUT2D eigenvalue weighted by Crippen LogP contribution is -2.52. The van der Waals surface area contributed by atoms with Crippen LogP contribution in [0.3, 0.4) is 0 Å². The molecule has 1 fully saturated rings. The molecule has 2 rings (SSSR count). The summed E-state index contributed by atoms with van der Waals surface area (Å²) < 4.78 is 10.8. The van der Waals surface area contributed by atoms with Crippen molar-refractivity contribution in [3.63, 3.8) is 0 Å². The number of amides is 2. The van der Waals surface area contributed by atoms with Crippen molar-refractivity contribution in [3.8, 4) is 11.5 Å². The van der Waals surface area contributed by atoms with Crippen molar-refractivity contribution in [2.45, 2.75) is 26.3 Å². The standard InChI is InChI=1S/C19H29N3O4/c1-4-15(2)20-18(23)13-21-9-11-22(12-10-21)19(24)14-26-17-8-6-5-7-16(17)25-3/h5-8,15H,4,9-14H2,1-3H3,(H,20,23). The quantitative estimate of drug-likeness (QED) is 0.750. The zero-order chi connectivity index (χ0) is 18.9. The fraction of sp³-hybridized carbons (Fsp3) is 0.579. The van der Waals surface area contributed by atoms with Gasteiger partial charge in [0, 0.05) is 32.2 Å². The molecule has 0 aromatic heterocycles. The van der Waals surface area contributed by atoms with Crippen molar-refractivity contribution in [2.75, 3.05) is 46.4 Å². The summed E-state index contributed by atoms with van der Waals surface area (Å²) in [7, 11) is 1.57. The fourth-order valence-corrected chi connectivity index (χ4v) is 2.75. The number of benzene rings is 1. The molecule has 0 radical (unpaired) electrons. The Bertz CT molecular complexity index is 600. The summed E-state index contributed by atoms with van der Waals surface area (Å²) in [6.45, 7) is 6.98. The van der Waals surface area contributed by atoms with Crippen LogP contribution in [0.2, 0.25) is 0 Å². The molecule has 1 aliphatic rings. The van der Waals surface area contributed by atoms with Gasteiger partial charge in [-0.3, -0.25) is 14.5 Å². The van der Waals surface area contributed by atoms with Gasteiger partial charge >= 0.3 is 0 Å². The maximum absolute atomic E-state index is 12.3.